The number of carbonyl (C=O) groups excluding carboxylic acids is 3. The van der Waals surface area contributed by atoms with Crippen LogP contribution in [0.15, 0.2) is 67.0 Å². The van der Waals surface area contributed by atoms with Crippen molar-refractivity contribution < 1.29 is 19.2 Å². The van der Waals surface area contributed by atoms with Crippen LogP contribution in [0.4, 0.5) is 4.79 Å². The Labute approximate surface area is 190 Å². The number of hydroxylamine groups is 2. The van der Waals surface area contributed by atoms with E-state index in [0.29, 0.717) is 13.1 Å². The standard InChI is InChI=1S/C24H23N5O4/c30-21-15-28-22(12-26-21)29(33-16-23(28)31)24(32)27(13-17-8-10-25-11-9-17)14-19-6-3-5-18-4-1-2-7-20(18)19/h1-11,22H,12-16H2,(H,26,30). The molecule has 2 fully saturated rings. The highest BCUT2D eigenvalue weighted by Crippen LogP contribution is 2.24. The number of hydrogen-bond donors (Lipinski definition) is 1. The number of benzene rings is 2. The van der Waals surface area contributed by atoms with Crippen LogP contribution in [0.2, 0.25) is 0 Å². The lowest BCUT2D eigenvalue weighted by atomic mass is 10.0. The van der Waals surface area contributed by atoms with E-state index < -0.39 is 6.17 Å². The van der Waals surface area contributed by atoms with E-state index in [1.807, 2.05) is 54.6 Å². The van der Waals surface area contributed by atoms with Crippen LogP contribution in [0.1, 0.15) is 11.1 Å². The molecule has 0 bridgehead atoms. The van der Waals surface area contributed by atoms with Crippen LogP contribution in [0.3, 0.4) is 0 Å². The van der Waals surface area contributed by atoms with E-state index in [9.17, 15) is 14.4 Å². The molecule has 9 heteroatoms. The molecule has 5 rings (SSSR count). The van der Waals surface area contributed by atoms with Crippen LogP contribution in [0, 0.1) is 0 Å². The van der Waals surface area contributed by atoms with E-state index in [0.717, 1.165) is 21.9 Å². The van der Waals surface area contributed by atoms with Crippen LogP contribution in [-0.2, 0) is 27.5 Å². The van der Waals surface area contributed by atoms with Crippen LogP contribution in [0.5, 0.6) is 0 Å². The highest BCUT2D eigenvalue weighted by atomic mass is 16.7. The van der Waals surface area contributed by atoms with E-state index in [1.54, 1.807) is 17.3 Å². The van der Waals surface area contributed by atoms with Gasteiger partial charge in [0, 0.05) is 25.5 Å². The van der Waals surface area contributed by atoms with Crippen LogP contribution in [-0.4, -0.2) is 63.6 Å². The van der Waals surface area contributed by atoms with E-state index in [4.69, 9.17) is 4.84 Å². The summed E-state index contributed by atoms with van der Waals surface area (Å²) in [5.41, 5.74) is 1.91. The van der Waals surface area contributed by atoms with Gasteiger partial charge in [0.2, 0.25) is 5.91 Å². The fourth-order valence-corrected chi connectivity index (χ4v) is 4.25. The van der Waals surface area contributed by atoms with Gasteiger partial charge in [-0.2, -0.15) is 5.06 Å². The minimum absolute atomic E-state index is 0.0929. The lowest BCUT2D eigenvalue weighted by molar-refractivity contribution is -0.225. The minimum Gasteiger partial charge on any atom is -0.350 e. The molecule has 33 heavy (non-hydrogen) atoms. The summed E-state index contributed by atoms with van der Waals surface area (Å²) in [6.45, 7) is 0.414. The molecule has 9 nitrogen and oxygen atoms in total. The maximum Gasteiger partial charge on any atom is 0.346 e. The number of pyridine rings is 1. The van der Waals surface area contributed by atoms with Crippen molar-refractivity contribution in [1.29, 1.82) is 0 Å². The molecule has 4 amide bonds. The van der Waals surface area contributed by atoms with Crippen molar-refractivity contribution in [3.05, 3.63) is 78.1 Å². The van der Waals surface area contributed by atoms with Crippen LogP contribution < -0.4 is 5.32 Å². The first-order chi connectivity index (χ1) is 16.1. The van der Waals surface area contributed by atoms with Crippen LogP contribution in [0.25, 0.3) is 10.8 Å². The molecule has 0 aliphatic carbocycles. The number of rotatable bonds is 4. The number of fused-ring (bicyclic) bond motifs is 2. The van der Waals surface area contributed by atoms with Crippen molar-refractivity contribution in [1.82, 2.24) is 25.2 Å². The van der Waals surface area contributed by atoms with Gasteiger partial charge in [0.05, 0.1) is 6.54 Å². The lowest BCUT2D eigenvalue weighted by Crippen LogP contribution is -2.68. The molecule has 2 aromatic carbocycles. The summed E-state index contributed by atoms with van der Waals surface area (Å²) in [5, 5.41) is 6.08. The molecule has 1 aromatic heterocycles. The Bertz CT molecular complexity index is 1200. The molecule has 168 valence electrons. The van der Waals surface area contributed by atoms with Gasteiger partial charge in [0.1, 0.15) is 6.54 Å². The van der Waals surface area contributed by atoms with Gasteiger partial charge >= 0.3 is 6.03 Å². The van der Waals surface area contributed by atoms with E-state index >= 15 is 0 Å². The van der Waals surface area contributed by atoms with Gasteiger partial charge < -0.3 is 15.1 Å². The summed E-state index contributed by atoms with van der Waals surface area (Å²) < 4.78 is 0. The maximum absolute atomic E-state index is 13.7. The maximum atomic E-state index is 13.7. The molecule has 1 unspecified atom stereocenters. The molecule has 1 atom stereocenters. The van der Waals surface area contributed by atoms with Gasteiger partial charge in [0.25, 0.3) is 5.91 Å². The average molecular weight is 445 g/mol. The van der Waals surface area contributed by atoms with E-state index in [2.05, 4.69) is 10.3 Å². The topological polar surface area (TPSA) is 95.1 Å². The smallest absolute Gasteiger partial charge is 0.346 e. The van der Waals surface area contributed by atoms with Crippen molar-refractivity contribution in [3.63, 3.8) is 0 Å². The molecule has 0 radical (unpaired) electrons. The number of amides is 4. The van der Waals surface area contributed by atoms with Crippen molar-refractivity contribution in [2.75, 3.05) is 19.7 Å². The molecule has 1 N–H and O–H groups in total. The molecular formula is C24H23N5O4. The molecule has 0 spiro atoms. The third-order valence-corrected chi connectivity index (χ3v) is 5.90. The lowest BCUT2D eigenvalue weighted by Gasteiger charge is -2.45. The van der Waals surface area contributed by atoms with Gasteiger partial charge in [-0.15, -0.1) is 0 Å². The van der Waals surface area contributed by atoms with E-state index in [-0.39, 0.29) is 37.5 Å². The summed E-state index contributed by atoms with van der Waals surface area (Å²) in [7, 11) is 0. The number of nitrogens with zero attached hydrogens (tertiary/aromatic N) is 4. The molecule has 3 heterocycles. The highest BCUT2D eigenvalue weighted by Gasteiger charge is 2.43. The Morgan fingerprint density at radius 3 is 2.70 bits per heavy atom. The normalized spacial score (nSPS) is 18.1. The van der Waals surface area contributed by atoms with Gasteiger partial charge in [-0.05, 0) is 34.0 Å². The quantitative estimate of drug-likeness (QED) is 0.662. The summed E-state index contributed by atoms with van der Waals surface area (Å²) in [6, 6.07) is 17.4. The largest absolute Gasteiger partial charge is 0.350 e. The zero-order chi connectivity index (χ0) is 22.8. The Balaban J connectivity index is 1.46. The molecule has 2 saturated heterocycles. The molecule has 3 aromatic rings. The number of hydrogen-bond acceptors (Lipinski definition) is 5. The SMILES string of the molecule is O=C1CN2C(=O)CON(C(=O)N(Cc3ccncc3)Cc3cccc4ccccc34)C2CN1. The Kier molecular flexibility index (Phi) is 5.62. The third kappa shape index (κ3) is 4.22. The zero-order valence-electron chi connectivity index (χ0n) is 17.9. The van der Waals surface area contributed by atoms with Crippen molar-refractivity contribution >= 4 is 28.6 Å². The Morgan fingerprint density at radius 2 is 1.85 bits per heavy atom. The van der Waals surface area contributed by atoms with E-state index in [1.165, 1.54) is 9.96 Å². The summed E-state index contributed by atoms with van der Waals surface area (Å²) >= 11 is 0. The van der Waals surface area contributed by atoms with Gasteiger partial charge in [0.15, 0.2) is 12.8 Å². The van der Waals surface area contributed by atoms with Crippen molar-refractivity contribution in [3.8, 4) is 0 Å². The fraction of sp³-hybridized carbons (Fsp3) is 0.250. The van der Waals surface area contributed by atoms with Crippen LogP contribution >= 0.6 is 0 Å². The predicted octanol–water partition coefficient (Wildman–Crippen LogP) is 1.89. The first-order valence-corrected chi connectivity index (χ1v) is 10.7. The second-order valence-electron chi connectivity index (χ2n) is 8.04. The van der Waals surface area contributed by atoms with Gasteiger partial charge in [-0.3, -0.25) is 19.4 Å². The average Bonchev–Trinajstić information content (AvgIpc) is 2.85. The molecule has 2 aliphatic rings. The monoisotopic (exact) mass is 445 g/mol. The van der Waals surface area contributed by atoms with Crippen molar-refractivity contribution in [2.45, 2.75) is 19.3 Å². The minimum atomic E-state index is -0.691. The summed E-state index contributed by atoms with van der Waals surface area (Å²) in [4.78, 5) is 50.6. The van der Waals surface area contributed by atoms with Gasteiger partial charge in [-0.1, -0.05) is 42.5 Å². The summed E-state index contributed by atoms with van der Waals surface area (Å²) in [5.74, 6) is -0.563. The number of carbonyl (C=O) groups is 3. The number of piperazine rings is 1. The Morgan fingerprint density at radius 1 is 1.06 bits per heavy atom. The van der Waals surface area contributed by atoms with Crippen molar-refractivity contribution in [2.24, 2.45) is 0 Å². The molecular weight excluding hydrogens is 422 g/mol. The van der Waals surface area contributed by atoms with Gasteiger partial charge in [-0.25, -0.2) is 4.79 Å². The predicted molar refractivity (Wildman–Crippen MR) is 119 cm³/mol. The number of nitrogens with one attached hydrogen (secondary N) is 1. The molecule has 0 saturated carbocycles. The number of urea groups is 1. The zero-order valence-corrected chi connectivity index (χ0v) is 17.9. The fourth-order valence-electron chi connectivity index (χ4n) is 4.25. The second kappa shape index (κ2) is 8.87. The second-order valence-corrected chi connectivity index (χ2v) is 8.04. The summed E-state index contributed by atoms with van der Waals surface area (Å²) in [6.07, 6.45) is 2.68. The third-order valence-electron chi connectivity index (χ3n) is 5.90. The first-order valence-electron chi connectivity index (χ1n) is 10.7. The Hall–Kier alpha value is -3.98. The number of aromatic nitrogens is 1. The molecule has 2 aliphatic heterocycles. The first kappa shape index (κ1) is 20.9. The highest BCUT2D eigenvalue weighted by molar-refractivity contribution is 5.89.